The lowest BCUT2D eigenvalue weighted by atomic mass is 10.4. The van der Waals surface area contributed by atoms with E-state index < -0.39 is 0 Å². The minimum absolute atomic E-state index is 0.0593. The molecular weight excluding hydrogens is 200 g/mol. The summed E-state index contributed by atoms with van der Waals surface area (Å²) in [5, 5.41) is 17.5. The van der Waals surface area contributed by atoms with Crippen LogP contribution in [0.4, 0.5) is 0 Å². The van der Waals surface area contributed by atoms with Crippen molar-refractivity contribution in [1.29, 1.82) is 0 Å². The van der Waals surface area contributed by atoms with Crippen molar-refractivity contribution in [3.63, 3.8) is 0 Å². The van der Waals surface area contributed by atoms with E-state index in [1.807, 2.05) is 0 Å². The molecule has 0 unspecified atom stereocenters. The number of rotatable bonds is 6. The average molecular weight is 216 g/mol. The number of hydrogen-bond acceptors (Lipinski definition) is 5. The van der Waals surface area contributed by atoms with Gasteiger partial charge in [0.05, 0.1) is 19.9 Å². The fourth-order valence-corrected chi connectivity index (χ4v) is 1.52. The number of carbonyl (C=O) groups excluding carboxylic acids is 2. The van der Waals surface area contributed by atoms with E-state index in [-0.39, 0.29) is 44.5 Å². The SMILES string of the molecule is O=C1CCC(=O)N1CN(CCO)CCO. The van der Waals surface area contributed by atoms with Crippen molar-refractivity contribution in [2.45, 2.75) is 12.8 Å². The molecule has 1 fully saturated rings. The molecule has 0 saturated carbocycles. The van der Waals surface area contributed by atoms with Crippen molar-refractivity contribution in [3.05, 3.63) is 0 Å². The third kappa shape index (κ3) is 3.26. The molecule has 6 nitrogen and oxygen atoms in total. The Morgan fingerprint density at radius 1 is 1.07 bits per heavy atom. The van der Waals surface area contributed by atoms with Crippen LogP contribution in [0.25, 0.3) is 0 Å². The van der Waals surface area contributed by atoms with Gasteiger partial charge in [0.2, 0.25) is 11.8 Å². The summed E-state index contributed by atoms with van der Waals surface area (Å²) in [6.45, 7) is 0.737. The smallest absolute Gasteiger partial charge is 0.230 e. The average Bonchev–Trinajstić information content (AvgIpc) is 2.50. The summed E-state index contributed by atoms with van der Waals surface area (Å²) in [6, 6.07) is 0. The van der Waals surface area contributed by atoms with E-state index in [4.69, 9.17) is 10.2 Å². The van der Waals surface area contributed by atoms with E-state index in [9.17, 15) is 9.59 Å². The van der Waals surface area contributed by atoms with E-state index in [1.165, 1.54) is 4.90 Å². The number of imide groups is 1. The van der Waals surface area contributed by atoms with E-state index in [0.29, 0.717) is 13.1 Å². The Bertz CT molecular complexity index is 222. The summed E-state index contributed by atoms with van der Waals surface area (Å²) in [4.78, 5) is 25.4. The van der Waals surface area contributed by atoms with Crippen LogP contribution in [0.15, 0.2) is 0 Å². The van der Waals surface area contributed by atoms with Crippen molar-refractivity contribution >= 4 is 11.8 Å². The molecule has 0 spiro atoms. The zero-order valence-electron chi connectivity index (χ0n) is 8.56. The van der Waals surface area contributed by atoms with Crippen LogP contribution in [0.3, 0.4) is 0 Å². The Hall–Kier alpha value is -0.980. The van der Waals surface area contributed by atoms with Crippen molar-refractivity contribution < 1.29 is 19.8 Å². The van der Waals surface area contributed by atoms with Gasteiger partial charge in [-0.1, -0.05) is 0 Å². The van der Waals surface area contributed by atoms with Crippen LogP contribution in [-0.2, 0) is 9.59 Å². The highest BCUT2D eigenvalue weighted by Gasteiger charge is 2.29. The summed E-state index contributed by atoms with van der Waals surface area (Å²) < 4.78 is 0. The minimum atomic E-state index is -0.180. The summed E-state index contributed by atoms with van der Waals surface area (Å²) in [5.74, 6) is -0.359. The topological polar surface area (TPSA) is 81.1 Å². The van der Waals surface area contributed by atoms with Crippen LogP contribution in [0, 0.1) is 0 Å². The molecule has 86 valence electrons. The standard InChI is InChI=1S/C9H16N2O4/c12-5-3-10(4-6-13)7-11-8(14)1-2-9(11)15/h12-13H,1-7H2. The molecule has 0 atom stereocenters. The van der Waals surface area contributed by atoms with Crippen molar-refractivity contribution in [2.24, 2.45) is 0 Å². The first-order valence-electron chi connectivity index (χ1n) is 4.96. The maximum absolute atomic E-state index is 11.3. The van der Waals surface area contributed by atoms with E-state index in [1.54, 1.807) is 4.90 Å². The lowest BCUT2D eigenvalue weighted by Crippen LogP contribution is -2.43. The molecular formula is C9H16N2O4. The third-order valence-electron chi connectivity index (χ3n) is 2.33. The van der Waals surface area contributed by atoms with Crippen LogP contribution in [0.5, 0.6) is 0 Å². The molecule has 2 N–H and O–H groups in total. The predicted molar refractivity (Wildman–Crippen MR) is 51.7 cm³/mol. The number of hydrogen-bond donors (Lipinski definition) is 2. The second-order valence-corrected chi connectivity index (χ2v) is 3.42. The van der Waals surface area contributed by atoms with Crippen LogP contribution in [0.1, 0.15) is 12.8 Å². The Morgan fingerprint density at radius 3 is 1.93 bits per heavy atom. The van der Waals surface area contributed by atoms with Gasteiger partial charge in [0, 0.05) is 25.9 Å². The van der Waals surface area contributed by atoms with Crippen LogP contribution in [-0.4, -0.2) is 64.8 Å². The highest BCUT2D eigenvalue weighted by Crippen LogP contribution is 2.11. The maximum Gasteiger partial charge on any atom is 0.230 e. The third-order valence-corrected chi connectivity index (χ3v) is 2.33. The largest absolute Gasteiger partial charge is 0.395 e. The lowest BCUT2D eigenvalue weighted by molar-refractivity contribution is -0.141. The quantitative estimate of drug-likeness (QED) is 0.521. The van der Waals surface area contributed by atoms with Crippen molar-refractivity contribution in [2.75, 3.05) is 33.0 Å². The molecule has 1 aliphatic heterocycles. The first-order chi connectivity index (χ1) is 7.19. The molecule has 0 aromatic heterocycles. The zero-order chi connectivity index (χ0) is 11.3. The molecule has 15 heavy (non-hydrogen) atoms. The van der Waals surface area contributed by atoms with Gasteiger partial charge in [-0.25, -0.2) is 0 Å². The monoisotopic (exact) mass is 216 g/mol. The van der Waals surface area contributed by atoms with E-state index in [0.717, 1.165) is 0 Å². The van der Waals surface area contributed by atoms with Crippen molar-refractivity contribution in [3.8, 4) is 0 Å². The van der Waals surface area contributed by atoms with Crippen LogP contribution in [0.2, 0.25) is 0 Å². The summed E-state index contributed by atoms with van der Waals surface area (Å²) in [5.41, 5.74) is 0. The number of aliphatic hydroxyl groups is 2. The van der Waals surface area contributed by atoms with Gasteiger partial charge >= 0.3 is 0 Å². The van der Waals surface area contributed by atoms with Crippen LogP contribution < -0.4 is 0 Å². The van der Waals surface area contributed by atoms with Crippen LogP contribution >= 0.6 is 0 Å². The molecule has 1 heterocycles. The first kappa shape index (κ1) is 12.1. The molecule has 1 saturated heterocycles. The molecule has 0 radical (unpaired) electrons. The molecule has 1 aliphatic rings. The number of carbonyl (C=O) groups is 2. The number of amides is 2. The Kier molecular flexibility index (Phi) is 4.67. The second-order valence-electron chi connectivity index (χ2n) is 3.42. The van der Waals surface area contributed by atoms with E-state index >= 15 is 0 Å². The summed E-state index contributed by atoms with van der Waals surface area (Å²) in [7, 11) is 0. The molecule has 1 rings (SSSR count). The normalized spacial score (nSPS) is 16.9. The molecule has 0 aliphatic carbocycles. The van der Waals surface area contributed by atoms with Gasteiger partial charge < -0.3 is 10.2 Å². The molecule has 2 amide bonds. The Balaban J connectivity index is 2.48. The van der Waals surface area contributed by atoms with Gasteiger partial charge in [0.25, 0.3) is 0 Å². The molecule has 6 heteroatoms. The first-order valence-corrected chi connectivity index (χ1v) is 4.96. The van der Waals surface area contributed by atoms with Crippen molar-refractivity contribution in [1.82, 2.24) is 9.80 Å². The zero-order valence-corrected chi connectivity index (χ0v) is 8.56. The highest BCUT2D eigenvalue weighted by atomic mass is 16.3. The number of likely N-dealkylation sites (tertiary alicyclic amines) is 1. The molecule has 0 aromatic rings. The maximum atomic E-state index is 11.3. The van der Waals surface area contributed by atoms with Gasteiger partial charge in [-0.15, -0.1) is 0 Å². The highest BCUT2D eigenvalue weighted by molar-refractivity contribution is 6.01. The van der Waals surface area contributed by atoms with Gasteiger partial charge in [0.15, 0.2) is 0 Å². The van der Waals surface area contributed by atoms with Gasteiger partial charge in [0.1, 0.15) is 0 Å². The van der Waals surface area contributed by atoms with Gasteiger partial charge in [-0.3, -0.25) is 19.4 Å². The fourth-order valence-electron chi connectivity index (χ4n) is 1.52. The molecule has 0 aromatic carbocycles. The molecule has 0 bridgehead atoms. The van der Waals surface area contributed by atoms with Gasteiger partial charge in [-0.05, 0) is 0 Å². The summed E-state index contributed by atoms with van der Waals surface area (Å²) >= 11 is 0. The predicted octanol–water partition coefficient (Wildman–Crippen LogP) is -1.62. The number of nitrogens with zero attached hydrogens (tertiary/aromatic N) is 2. The van der Waals surface area contributed by atoms with Gasteiger partial charge in [-0.2, -0.15) is 0 Å². The fraction of sp³-hybridized carbons (Fsp3) is 0.778. The Morgan fingerprint density at radius 2 is 1.53 bits per heavy atom. The minimum Gasteiger partial charge on any atom is -0.395 e. The second kappa shape index (κ2) is 5.79. The summed E-state index contributed by atoms with van der Waals surface area (Å²) in [6.07, 6.45) is 0.538. The Labute approximate surface area is 88.1 Å². The lowest BCUT2D eigenvalue weighted by Gasteiger charge is -2.25. The van der Waals surface area contributed by atoms with E-state index in [2.05, 4.69) is 0 Å². The number of aliphatic hydroxyl groups excluding tert-OH is 2.